The fourth-order valence-corrected chi connectivity index (χ4v) is 5.27. The van der Waals surface area contributed by atoms with Crippen LogP contribution in [0.15, 0.2) is 83.3 Å². The maximum absolute atomic E-state index is 14.0. The minimum absolute atomic E-state index is 0.143. The molecular weight excluding hydrogens is 578 g/mol. The van der Waals surface area contributed by atoms with Crippen LogP contribution in [0.25, 0.3) is 0 Å². The van der Waals surface area contributed by atoms with Crippen molar-refractivity contribution < 1.29 is 18.0 Å². The molecule has 3 aromatic carbocycles. The highest BCUT2D eigenvalue weighted by Crippen LogP contribution is 2.22. The number of hydrogen-bond acceptors (Lipinski definition) is 4. The van der Waals surface area contributed by atoms with Crippen LogP contribution in [-0.2, 0) is 32.6 Å². The number of nitrogens with one attached hydrogen (secondary N) is 1. The van der Waals surface area contributed by atoms with Gasteiger partial charge in [0.1, 0.15) is 12.6 Å². The van der Waals surface area contributed by atoms with Crippen molar-refractivity contribution in [2.45, 2.75) is 39.8 Å². The Hall–Kier alpha value is -3.17. The zero-order chi connectivity index (χ0) is 28.6. The van der Waals surface area contributed by atoms with Crippen LogP contribution in [0.1, 0.15) is 30.5 Å². The van der Waals surface area contributed by atoms with E-state index in [2.05, 4.69) is 21.2 Å². The summed E-state index contributed by atoms with van der Waals surface area (Å²) < 4.78 is 27.7. The van der Waals surface area contributed by atoms with Crippen LogP contribution in [0, 0.1) is 12.8 Å². The summed E-state index contributed by atoms with van der Waals surface area (Å²) in [6, 6.07) is 23.2. The number of benzene rings is 3. The number of rotatable bonds is 12. The number of halogens is 1. The largest absolute Gasteiger partial charge is 0.354 e. The van der Waals surface area contributed by atoms with Crippen molar-refractivity contribution in [2.24, 2.45) is 5.92 Å². The average Bonchev–Trinajstić information content (AvgIpc) is 2.88. The molecule has 0 saturated heterocycles. The third-order valence-corrected chi connectivity index (χ3v) is 7.86. The molecule has 0 heterocycles. The van der Waals surface area contributed by atoms with E-state index in [0.29, 0.717) is 12.2 Å². The first-order valence-electron chi connectivity index (χ1n) is 12.8. The van der Waals surface area contributed by atoms with E-state index in [1.54, 1.807) is 18.2 Å². The third-order valence-electron chi connectivity index (χ3n) is 6.19. The Morgan fingerprint density at radius 2 is 1.59 bits per heavy atom. The lowest BCUT2D eigenvalue weighted by molar-refractivity contribution is -0.140. The van der Waals surface area contributed by atoms with Crippen molar-refractivity contribution in [1.29, 1.82) is 0 Å². The molecule has 0 aromatic heterocycles. The van der Waals surface area contributed by atoms with Gasteiger partial charge < -0.3 is 10.2 Å². The molecule has 0 bridgehead atoms. The number of hydrogen-bond donors (Lipinski definition) is 1. The van der Waals surface area contributed by atoms with Gasteiger partial charge in [0.05, 0.1) is 11.9 Å². The SMILES string of the molecule is Cc1cccc(N(CC(=O)N(Cc2ccc(Br)cc2)[C@@H](Cc2ccccc2)C(=O)NCC(C)C)S(C)(=O)=O)c1. The second-order valence-electron chi connectivity index (χ2n) is 10.1. The number of aryl methyl sites for hydroxylation is 1. The number of nitrogens with zero attached hydrogens (tertiary/aromatic N) is 2. The smallest absolute Gasteiger partial charge is 0.244 e. The standard InChI is InChI=1S/C30H36BrN3O4S/c1-22(2)19-32-30(36)28(18-24-10-6-5-7-11-24)33(20-25-13-15-26(31)16-14-25)29(35)21-34(39(4,37)38)27-12-8-9-23(3)17-27/h5-17,22,28H,18-21H2,1-4H3,(H,32,36)/t28-/m0/s1. The summed E-state index contributed by atoms with van der Waals surface area (Å²) in [6.07, 6.45) is 1.37. The second kappa shape index (κ2) is 13.8. The number of carbonyl (C=O) groups is 2. The molecule has 3 rings (SSSR count). The summed E-state index contributed by atoms with van der Waals surface area (Å²) in [5.41, 5.74) is 2.99. The Bertz CT molecular complexity index is 1360. The van der Waals surface area contributed by atoms with Crippen LogP contribution >= 0.6 is 15.9 Å². The van der Waals surface area contributed by atoms with Crippen molar-refractivity contribution in [2.75, 3.05) is 23.7 Å². The number of carbonyl (C=O) groups excluding carboxylic acids is 2. The predicted octanol–water partition coefficient (Wildman–Crippen LogP) is 4.94. The monoisotopic (exact) mass is 613 g/mol. The van der Waals surface area contributed by atoms with Gasteiger partial charge in [-0.3, -0.25) is 13.9 Å². The van der Waals surface area contributed by atoms with E-state index < -0.39 is 28.5 Å². The van der Waals surface area contributed by atoms with Crippen LogP contribution in [-0.4, -0.2) is 50.5 Å². The van der Waals surface area contributed by atoms with Crippen LogP contribution in [0.3, 0.4) is 0 Å². The molecule has 7 nitrogen and oxygen atoms in total. The van der Waals surface area contributed by atoms with Crippen molar-refractivity contribution in [3.05, 3.63) is 100 Å². The normalized spacial score (nSPS) is 12.2. The molecule has 3 aromatic rings. The van der Waals surface area contributed by atoms with E-state index in [0.717, 1.165) is 31.7 Å². The highest BCUT2D eigenvalue weighted by atomic mass is 79.9. The first-order valence-corrected chi connectivity index (χ1v) is 15.5. The van der Waals surface area contributed by atoms with Gasteiger partial charge in [-0.05, 0) is 53.8 Å². The van der Waals surface area contributed by atoms with Gasteiger partial charge in [-0.15, -0.1) is 0 Å². The van der Waals surface area contributed by atoms with Gasteiger partial charge in [-0.2, -0.15) is 0 Å². The first-order chi connectivity index (χ1) is 18.4. The van der Waals surface area contributed by atoms with Gasteiger partial charge in [0.25, 0.3) is 0 Å². The van der Waals surface area contributed by atoms with E-state index in [1.165, 1.54) is 4.90 Å². The quantitative estimate of drug-likeness (QED) is 0.314. The van der Waals surface area contributed by atoms with Gasteiger partial charge in [-0.25, -0.2) is 8.42 Å². The fourth-order valence-electron chi connectivity index (χ4n) is 4.16. The Kier molecular flexibility index (Phi) is 10.7. The van der Waals surface area contributed by atoms with Crippen LogP contribution in [0.2, 0.25) is 0 Å². The maximum Gasteiger partial charge on any atom is 0.244 e. The summed E-state index contributed by atoms with van der Waals surface area (Å²) in [6.45, 7) is 6.04. The number of sulfonamides is 1. The van der Waals surface area contributed by atoms with Crippen molar-refractivity contribution in [1.82, 2.24) is 10.2 Å². The molecule has 39 heavy (non-hydrogen) atoms. The number of anilines is 1. The minimum atomic E-state index is -3.79. The third kappa shape index (κ3) is 9.21. The lowest BCUT2D eigenvalue weighted by Crippen LogP contribution is -2.53. The lowest BCUT2D eigenvalue weighted by atomic mass is 10.0. The Balaban J connectivity index is 2.04. The average molecular weight is 615 g/mol. The predicted molar refractivity (Wildman–Crippen MR) is 160 cm³/mol. The summed E-state index contributed by atoms with van der Waals surface area (Å²) in [5, 5.41) is 2.98. The van der Waals surface area contributed by atoms with Gasteiger partial charge in [-0.1, -0.05) is 84.4 Å². The molecule has 0 saturated carbocycles. The molecule has 1 atom stereocenters. The van der Waals surface area contributed by atoms with Crippen LogP contribution in [0.4, 0.5) is 5.69 Å². The Morgan fingerprint density at radius 3 is 2.18 bits per heavy atom. The Morgan fingerprint density at radius 1 is 0.923 bits per heavy atom. The molecule has 0 unspecified atom stereocenters. The minimum Gasteiger partial charge on any atom is -0.354 e. The zero-order valence-corrected chi connectivity index (χ0v) is 25.2. The van der Waals surface area contributed by atoms with E-state index in [4.69, 9.17) is 0 Å². The fraction of sp³-hybridized carbons (Fsp3) is 0.333. The number of amides is 2. The molecule has 0 fully saturated rings. The van der Waals surface area contributed by atoms with Gasteiger partial charge >= 0.3 is 0 Å². The highest BCUT2D eigenvalue weighted by Gasteiger charge is 2.33. The van der Waals surface area contributed by atoms with Crippen molar-refractivity contribution in [3.8, 4) is 0 Å². The molecule has 9 heteroatoms. The molecule has 0 radical (unpaired) electrons. The molecule has 0 aliphatic rings. The molecule has 0 aliphatic heterocycles. The van der Waals surface area contributed by atoms with Crippen LogP contribution in [0.5, 0.6) is 0 Å². The van der Waals surface area contributed by atoms with Crippen molar-refractivity contribution in [3.63, 3.8) is 0 Å². The highest BCUT2D eigenvalue weighted by molar-refractivity contribution is 9.10. The topological polar surface area (TPSA) is 86.8 Å². The lowest BCUT2D eigenvalue weighted by Gasteiger charge is -2.33. The zero-order valence-electron chi connectivity index (χ0n) is 22.8. The van der Waals surface area contributed by atoms with Crippen LogP contribution < -0.4 is 9.62 Å². The first kappa shape index (κ1) is 30.4. The molecule has 0 spiro atoms. The van der Waals surface area contributed by atoms with E-state index in [-0.39, 0.29) is 24.8 Å². The van der Waals surface area contributed by atoms with E-state index in [1.807, 2.05) is 81.4 Å². The summed E-state index contributed by atoms with van der Waals surface area (Å²) in [5.74, 6) is -0.519. The van der Waals surface area contributed by atoms with Crippen molar-refractivity contribution >= 4 is 43.5 Å². The summed E-state index contributed by atoms with van der Waals surface area (Å²) >= 11 is 3.44. The van der Waals surface area contributed by atoms with Gasteiger partial charge in [0.15, 0.2) is 0 Å². The molecule has 208 valence electrons. The molecule has 1 N–H and O–H groups in total. The molecular formula is C30H36BrN3O4S. The molecule has 2 amide bonds. The summed E-state index contributed by atoms with van der Waals surface area (Å²) in [4.78, 5) is 29.1. The van der Waals surface area contributed by atoms with E-state index in [9.17, 15) is 18.0 Å². The summed E-state index contributed by atoms with van der Waals surface area (Å²) in [7, 11) is -3.79. The van der Waals surface area contributed by atoms with Gasteiger partial charge in [0.2, 0.25) is 21.8 Å². The van der Waals surface area contributed by atoms with Gasteiger partial charge in [0, 0.05) is 24.0 Å². The second-order valence-corrected chi connectivity index (χ2v) is 12.9. The molecule has 0 aliphatic carbocycles. The maximum atomic E-state index is 14.0. The Labute approximate surface area is 240 Å². The van der Waals surface area contributed by atoms with E-state index >= 15 is 0 Å².